The molecule has 3 aromatic heterocycles. The van der Waals surface area contributed by atoms with E-state index in [9.17, 15) is 24.0 Å². The normalized spacial score (nSPS) is 21.0. The number of ether oxygens (including phenoxy) is 7. The van der Waals surface area contributed by atoms with Crippen LogP contribution in [0.2, 0.25) is 0 Å². The predicted molar refractivity (Wildman–Crippen MR) is 189 cm³/mol. The molecule has 54 heavy (non-hydrogen) atoms. The van der Waals surface area contributed by atoms with Gasteiger partial charge in [0, 0.05) is 31.7 Å². The molecule has 1 saturated carbocycles. The van der Waals surface area contributed by atoms with Crippen molar-refractivity contribution < 1.29 is 56.8 Å². The first kappa shape index (κ1) is 36.5. The Bertz CT molecular complexity index is 2310. The van der Waals surface area contributed by atoms with E-state index in [4.69, 9.17) is 42.6 Å². The Morgan fingerprint density at radius 1 is 0.944 bits per heavy atom. The van der Waals surface area contributed by atoms with Crippen molar-refractivity contribution in [3.63, 3.8) is 0 Å². The van der Waals surface area contributed by atoms with Crippen LogP contribution < -0.4 is 15.0 Å². The van der Waals surface area contributed by atoms with E-state index >= 15 is 0 Å². The quantitative estimate of drug-likeness (QED) is 0.137. The standard InChI is InChI=1S/C37H35N3O13S/c1-17(41)49-28-29(50-18(2)42)31(51-19(3)43)37(53-30(28)36(45)47-5)52-26-8-6-7-24-27-34(54-32(24)26)39-33(40(35(27)44)15-22-14-38-16-48-22)23-12-11-21(46-4)13-25(23)20-9-10-20/h6-8,11-14,16,20,28-31,37H,9-10,15H2,1-5H3/t28-,29-,30-,31+,37+/m0/s1. The number of carbonyl (C=O) groups is 4. The zero-order valence-corrected chi connectivity index (χ0v) is 30.6. The first-order chi connectivity index (χ1) is 26.0. The van der Waals surface area contributed by atoms with Gasteiger partial charge < -0.3 is 37.6 Å². The van der Waals surface area contributed by atoms with Crippen LogP contribution in [-0.4, -0.2) is 83.3 Å². The average molecular weight is 762 g/mol. The molecule has 17 heteroatoms. The third kappa shape index (κ3) is 7.11. The van der Waals surface area contributed by atoms with Crippen LogP contribution in [0.3, 0.4) is 0 Å². The minimum atomic E-state index is -1.65. The number of aromatic nitrogens is 3. The lowest BCUT2D eigenvalue weighted by molar-refractivity contribution is -0.282. The lowest BCUT2D eigenvalue weighted by Gasteiger charge is -2.43. The van der Waals surface area contributed by atoms with Crippen molar-refractivity contribution in [2.24, 2.45) is 0 Å². The number of benzene rings is 2. The van der Waals surface area contributed by atoms with Crippen molar-refractivity contribution in [1.82, 2.24) is 14.5 Å². The summed E-state index contributed by atoms with van der Waals surface area (Å²) in [5, 5.41) is 0.810. The van der Waals surface area contributed by atoms with Crippen LogP contribution in [0.1, 0.15) is 50.9 Å². The van der Waals surface area contributed by atoms with Crippen LogP contribution in [0.5, 0.6) is 11.5 Å². The summed E-state index contributed by atoms with van der Waals surface area (Å²) in [7, 11) is 2.70. The molecule has 0 amide bonds. The fourth-order valence-electron chi connectivity index (χ4n) is 6.58. The van der Waals surface area contributed by atoms with Crippen molar-refractivity contribution in [3.05, 3.63) is 70.7 Å². The number of oxazole rings is 1. The number of methoxy groups -OCH3 is 2. The molecule has 1 saturated heterocycles. The zero-order chi connectivity index (χ0) is 38.3. The molecule has 2 fully saturated rings. The highest BCUT2D eigenvalue weighted by Gasteiger charge is 2.56. The number of fused-ring (bicyclic) bond motifs is 3. The molecule has 16 nitrogen and oxygen atoms in total. The number of rotatable bonds is 11. The monoisotopic (exact) mass is 761 g/mol. The minimum Gasteiger partial charge on any atom is -0.497 e. The van der Waals surface area contributed by atoms with Crippen LogP contribution in [-0.2, 0) is 49.4 Å². The van der Waals surface area contributed by atoms with E-state index in [1.807, 2.05) is 18.2 Å². The molecule has 4 heterocycles. The minimum absolute atomic E-state index is 0.0523. The Morgan fingerprint density at radius 2 is 1.67 bits per heavy atom. The van der Waals surface area contributed by atoms with Gasteiger partial charge in [-0.2, -0.15) is 0 Å². The molecule has 0 bridgehead atoms. The van der Waals surface area contributed by atoms with Gasteiger partial charge in [0.05, 0.1) is 37.0 Å². The predicted octanol–water partition coefficient (Wildman–Crippen LogP) is 4.27. The van der Waals surface area contributed by atoms with Crippen molar-refractivity contribution in [1.29, 1.82) is 0 Å². The summed E-state index contributed by atoms with van der Waals surface area (Å²) in [4.78, 5) is 73.9. The first-order valence-electron chi connectivity index (χ1n) is 16.9. The van der Waals surface area contributed by atoms with Crippen LogP contribution in [0.25, 0.3) is 31.7 Å². The average Bonchev–Trinajstić information content (AvgIpc) is 3.72. The summed E-state index contributed by atoms with van der Waals surface area (Å²) < 4.78 is 46.7. The van der Waals surface area contributed by atoms with Gasteiger partial charge in [-0.25, -0.2) is 14.8 Å². The highest BCUT2D eigenvalue weighted by atomic mass is 32.1. The first-order valence-corrected chi connectivity index (χ1v) is 17.7. The van der Waals surface area contributed by atoms with Gasteiger partial charge in [-0.15, -0.1) is 11.3 Å². The van der Waals surface area contributed by atoms with Crippen molar-refractivity contribution >= 4 is 55.5 Å². The van der Waals surface area contributed by atoms with E-state index in [0.717, 1.165) is 51.8 Å². The van der Waals surface area contributed by atoms with E-state index in [1.165, 1.54) is 23.9 Å². The molecule has 5 aromatic rings. The third-order valence-electron chi connectivity index (χ3n) is 8.97. The second-order valence-corrected chi connectivity index (χ2v) is 13.7. The maximum absolute atomic E-state index is 14.6. The molecule has 2 aliphatic rings. The maximum atomic E-state index is 14.6. The summed E-state index contributed by atoms with van der Waals surface area (Å²) >= 11 is 1.18. The summed E-state index contributed by atoms with van der Waals surface area (Å²) in [6.07, 6.45) is -3.07. The van der Waals surface area contributed by atoms with E-state index in [0.29, 0.717) is 37.6 Å². The molecular formula is C37H35N3O13S. The summed E-state index contributed by atoms with van der Waals surface area (Å²) in [5.74, 6) is -1.41. The molecule has 5 atom stereocenters. The van der Waals surface area contributed by atoms with Crippen LogP contribution in [0.15, 0.2) is 58.2 Å². The molecule has 1 aliphatic heterocycles. The van der Waals surface area contributed by atoms with Gasteiger partial charge in [0.1, 0.15) is 27.9 Å². The fraction of sp³-hybridized carbons (Fsp3) is 0.378. The molecule has 282 valence electrons. The van der Waals surface area contributed by atoms with Gasteiger partial charge in [-0.1, -0.05) is 12.1 Å². The Morgan fingerprint density at radius 3 is 2.31 bits per heavy atom. The molecule has 0 spiro atoms. The summed E-state index contributed by atoms with van der Waals surface area (Å²) in [6.45, 7) is 3.36. The van der Waals surface area contributed by atoms with Crippen LogP contribution in [0.4, 0.5) is 0 Å². The van der Waals surface area contributed by atoms with Gasteiger partial charge in [-0.05, 0) is 48.6 Å². The SMILES string of the molecule is COC(=O)[C@H]1O[C@@H](Oc2cccc3c2sc2nc(-c4ccc(OC)cc4C4CC4)n(Cc4cnco4)c(=O)c23)[C@H](OC(C)=O)[C@@H](OC(C)=O)[C@@H]1OC(C)=O. The summed E-state index contributed by atoms with van der Waals surface area (Å²) in [5.41, 5.74) is 1.44. The smallest absolute Gasteiger partial charge is 0.339 e. The lowest BCUT2D eigenvalue weighted by atomic mass is 9.97. The van der Waals surface area contributed by atoms with Gasteiger partial charge in [-0.3, -0.25) is 23.7 Å². The highest BCUT2D eigenvalue weighted by molar-refractivity contribution is 7.25. The molecule has 0 unspecified atom stereocenters. The topological polar surface area (TPSA) is 194 Å². The number of esters is 4. The van der Waals surface area contributed by atoms with Gasteiger partial charge in [0.25, 0.3) is 5.56 Å². The van der Waals surface area contributed by atoms with Gasteiger partial charge >= 0.3 is 23.9 Å². The van der Waals surface area contributed by atoms with Crippen molar-refractivity contribution in [3.8, 4) is 22.9 Å². The lowest BCUT2D eigenvalue weighted by Crippen LogP contribution is -2.64. The largest absolute Gasteiger partial charge is 0.497 e. The fourth-order valence-corrected chi connectivity index (χ4v) is 7.70. The molecule has 0 radical (unpaired) electrons. The van der Waals surface area contributed by atoms with Gasteiger partial charge in [0.15, 0.2) is 24.7 Å². The maximum Gasteiger partial charge on any atom is 0.339 e. The van der Waals surface area contributed by atoms with Gasteiger partial charge in [0.2, 0.25) is 12.4 Å². The molecule has 2 aromatic carbocycles. The number of hydrogen-bond acceptors (Lipinski definition) is 16. The van der Waals surface area contributed by atoms with Crippen molar-refractivity contribution in [2.45, 2.75) is 76.8 Å². The Kier molecular flexibility index (Phi) is 10.1. The van der Waals surface area contributed by atoms with E-state index < -0.39 is 54.6 Å². The highest BCUT2D eigenvalue weighted by Crippen LogP contribution is 2.46. The Labute approximate surface area is 310 Å². The zero-order valence-electron chi connectivity index (χ0n) is 29.8. The Balaban J connectivity index is 1.37. The van der Waals surface area contributed by atoms with Crippen LogP contribution >= 0.6 is 11.3 Å². The Hall–Kier alpha value is -5.81. The van der Waals surface area contributed by atoms with Crippen molar-refractivity contribution in [2.75, 3.05) is 14.2 Å². The molecule has 0 N–H and O–H groups in total. The molecule has 1 aliphatic carbocycles. The van der Waals surface area contributed by atoms with Crippen LogP contribution in [0, 0.1) is 0 Å². The second kappa shape index (κ2) is 14.9. The van der Waals surface area contributed by atoms with E-state index in [-0.39, 0.29) is 23.8 Å². The number of hydrogen-bond donors (Lipinski definition) is 0. The second-order valence-electron chi connectivity index (χ2n) is 12.7. The number of thiophene rings is 1. The molecule has 7 rings (SSSR count). The summed E-state index contributed by atoms with van der Waals surface area (Å²) in [6, 6.07) is 10.7. The third-order valence-corrected chi connectivity index (χ3v) is 10.1. The number of carbonyl (C=O) groups excluding carboxylic acids is 4. The number of nitrogens with zero attached hydrogens (tertiary/aromatic N) is 3. The molecular weight excluding hydrogens is 726 g/mol. The van der Waals surface area contributed by atoms with E-state index in [1.54, 1.807) is 29.9 Å². The van der Waals surface area contributed by atoms with E-state index in [2.05, 4.69) is 4.98 Å².